The van der Waals surface area contributed by atoms with Crippen molar-refractivity contribution in [2.45, 2.75) is 52.5 Å². The SMILES string of the molecule is Cc1cccc(OCCCC(=O)N2CCCc3c(-c4cnn(CCNC(=O)CC(=O)O)c4)cccc32)c1C. The van der Waals surface area contributed by atoms with E-state index in [0.717, 1.165) is 46.5 Å². The lowest BCUT2D eigenvalue weighted by Crippen LogP contribution is -2.35. The van der Waals surface area contributed by atoms with Gasteiger partial charge in [0.05, 0.1) is 19.3 Å². The molecule has 1 aliphatic heterocycles. The molecular weight excluding hydrogens is 484 g/mol. The average molecular weight is 519 g/mol. The van der Waals surface area contributed by atoms with Gasteiger partial charge in [0, 0.05) is 37.0 Å². The summed E-state index contributed by atoms with van der Waals surface area (Å²) in [5.41, 5.74) is 6.38. The van der Waals surface area contributed by atoms with Gasteiger partial charge in [-0.05, 0) is 67.5 Å². The minimum Gasteiger partial charge on any atom is -0.493 e. The number of hydrogen-bond acceptors (Lipinski definition) is 5. The Labute approximate surface area is 222 Å². The molecule has 2 heterocycles. The summed E-state index contributed by atoms with van der Waals surface area (Å²) in [5, 5.41) is 15.7. The number of carbonyl (C=O) groups is 3. The third-order valence-corrected chi connectivity index (χ3v) is 6.82. The zero-order chi connectivity index (χ0) is 27.1. The van der Waals surface area contributed by atoms with E-state index >= 15 is 0 Å². The number of nitrogens with zero attached hydrogens (tertiary/aromatic N) is 3. The summed E-state index contributed by atoms with van der Waals surface area (Å²) in [6, 6.07) is 12.0. The van der Waals surface area contributed by atoms with Crippen LogP contribution in [-0.4, -0.2) is 52.4 Å². The second-order valence-corrected chi connectivity index (χ2v) is 9.51. The van der Waals surface area contributed by atoms with Gasteiger partial charge in [-0.15, -0.1) is 0 Å². The minimum atomic E-state index is -1.16. The van der Waals surface area contributed by atoms with E-state index < -0.39 is 18.3 Å². The van der Waals surface area contributed by atoms with E-state index in [0.29, 0.717) is 32.5 Å². The third kappa shape index (κ3) is 6.59. The van der Waals surface area contributed by atoms with Crippen molar-refractivity contribution in [1.82, 2.24) is 15.1 Å². The quantitative estimate of drug-likeness (QED) is 0.294. The number of hydrogen-bond donors (Lipinski definition) is 2. The second-order valence-electron chi connectivity index (χ2n) is 9.51. The average Bonchev–Trinajstić information content (AvgIpc) is 3.36. The van der Waals surface area contributed by atoms with Gasteiger partial charge >= 0.3 is 5.97 Å². The molecular formula is C29H34N4O5. The number of benzene rings is 2. The van der Waals surface area contributed by atoms with Crippen LogP contribution in [0.4, 0.5) is 5.69 Å². The third-order valence-electron chi connectivity index (χ3n) is 6.82. The summed E-state index contributed by atoms with van der Waals surface area (Å²) < 4.78 is 7.65. The van der Waals surface area contributed by atoms with Gasteiger partial charge in [-0.1, -0.05) is 24.3 Å². The summed E-state index contributed by atoms with van der Waals surface area (Å²) in [7, 11) is 0. The van der Waals surface area contributed by atoms with Crippen LogP contribution in [0.25, 0.3) is 11.1 Å². The Balaban J connectivity index is 1.36. The van der Waals surface area contributed by atoms with Gasteiger partial charge in [-0.3, -0.25) is 19.1 Å². The van der Waals surface area contributed by atoms with Gasteiger partial charge in [0.15, 0.2) is 0 Å². The number of aryl methyl sites for hydroxylation is 1. The number of fused-ring (bicyclic) bond motifs is 1. The predicted molar refractivity (Wildman–Crippen MR) is 144 cm³/mol. The maximum Gasteiger partial charge on any atom is 0.312 e. The van der Waals surface area contributed by atoms with E-state index in [4.69, 9.17) is 9.84 Å². The molecule has 200 valence electrons. The van der Waals surface area contributed by atoms with Crippen molar-refractivity contribution in [2.24, 2.45) is 0 Å². The monoisotopic (exact) mass is 518 g/mol. The van der Waals surface area contributed by atoms with Crippen molar-refractivity contribution in [3.05, 3.63) is 65.5 Å². The number of nitrogens with one attached hydrogen (secondary N) is 1. The van der Waals surface area contributed by atoms with E-state index in [-0.39, 0.29) is 12.5 Å². The number of aliphatic carboxylic acids is 1. The maximum absolute atomic E-state index is 13.2. The van der Waals surface area contributed by atoms with Crippen LogP contribution in [0.5, 0.6) is 5.75 Å². The first-order valence-electron chi connectivity index (χ1n) is 13.0. The highest BCUT2D eigenvalue weighted by atomic mass is 16.5. The van der Waals surface area contributed by atoms with Gasteiger partial charge in [0.2, 0.25) is 11.8 Å². The van der Waals surface area contributed by atoms with E-state index in [9.17, 15) is 14.4 Å². The van der Waals surface area contributed by atoms with Gasteiger partial charge in [0.25, 0.3) is 0 Å². The van der Waals surface area contributed by atoms with Crippen LogP contribution < -0.4 is 15.0 Å². The Kier molecular flexibility index (Phi) is 8.78. The number of carboxylic acids is 1. The molecule has 0 saturated heterocycles. The number of anilines is 1. The van der Waals surface area contributed by atoms with Gasteiger partial charge in [-0.25, -0.2) is 0 Å². The summed E-state index contributed by atoms with van der Waals surface area (Å²) in [6.07, 6.45) is 5.97. The van der Waals surface area contributed by atoms with Gasteiger partial charge in [-0.2, -0.15) is 5.10 Å². The molecule has 0 aliphatic carbocycles. The predicted octanol–water partition coefficient (Wildman–Crippen LogP) is 3.90. The Bertz CT molecular complexity index is 1320. The fourth-order valence-electron chi connectivity index (χ4n) is 4.71. The first-order valence-corrected chi connectivity index (χ1v) is 13.0. The van der Waals surface area contributed by atoms with Crippen LogP contribution in [0, 0.1) is 13.8 Å². The molecule has 0 fully saturated rings. The lowest BCUT2D eigenvalue weighted by atomic mass is 9.93. The number of amides is 2. The molecule has 9 nitrogen and oxygen atoms in total. The van der Waals surface area contributed by atoms with Crippen molar-refractivity contribution in [3.8, 4) is 16.9 Å². The molecule has 0 spiro atoms. The molecule has 2 aromatic carbocycles. The smallest absolute Gasteiger partial charge is 0.312 e. The Morgan fingerprint density at radius 2 is 1.95 bits per heavy atom. The molecule has 1 aliphatic rings. The van der Waals surface area contributed by atoms with E-state index in [1.807, 2.05) is 48.4 Å². The topological polar surface area (TPSA) is 114 Å². The molecule has 0 bridgehead atoms. The number of ether oxygens (including phenoxy) is 1. The van der Waals surface area contributed by atoms with Crippen molar-refractivity contribution >= 4 is 23.5 Å². The Morgan fingerprint density at radius 1 is 1.13 bits per heavy atom. The molecule has 2 N–H and O–H groups in total. The molecule has 3 aromatic rings. The van der Waals surface area contributed by atoms with Crippen molar-refractivity contribution in [3.63, 3.8) is 0 Å². The van der Waals surface area contributed by atoms with Crippen molar-refractivity contribution in [1.29, 1.82) is 0 Å². The zero-order valence-electron chi connectivity index (χ0n) is 21.9. The van der Waals surface area contributed by atoms with Crippen LogP contribution in [-0.2, 0) is 27.3 Å². The lowest BCUT2D eigenvalue weighted by Gasteiger charge is -2.31. The van der Waals surface area contributed by atoms with E-state index in [1.165, 1.54) is 5.56 Å². The number of aromatic nitrogens is 2. The standard InChI is InChI=1S/C29H34N4O5/c1-20-7-3-11-26(21(20)2)38-16-6-12-28(35)33-14-5-9-24-23(8-4-10-25(24)33)22-18-31-32(19-22)15-13-30-27(34)17-29(36)37/h3-4,7-8,10-11,18-19H,5-6,9,12-17H2,1-2H3,(H,30,34)(H,36,37). The van der Waals surface area contributed by atoms with E-state index in [2.05, 4.69) is 23.4 Å². The summed E-state index contributed by atoms with van der Waals surface area (Å²) in [5.74, 6) is -0.714. The molecule has 2 amide bonds. The molecule has 9 heteroatoms. The first-order chi connectivity index (χ1) is 18.3. The summed E-state index contributed by atoms with van der Waals surface area (Å²) in [6.45, 7) is 6.01. The Hall–Kier alpha value is -4.14. The van der Waals surface area contributed by atoms with Crippen LogP contribution in [0.2, 0.25) is 0 Å². The molecule has 4 rings (SSSR count). The largest absolute Gasteiger partial charge is 0.493 e. The fourth-order valence-corrected chi connectivity index (χ4v) is 4.71. The summed E-state index contributed by atoms with van der Waals surface area (Å²) >= 11 is 0. The van der Waals surface area contributed by atoms with Crippen LogP contribution in [0.1, 0.15) is 42.4 Å². The number of rotatable bonds is 11. The molecule has 0 atom stereocenters. The van der Waals surface area contributed by atoms with Crippen LogP contribution in [0.3, 0.4) is 0 Å². The normalized spacial score (nSPS) is 12.6. The Morgan fingerprint density at radius 3 is 2.76 bits per heavy atom. The van der Waals surface area contributed by atoms with Crippen molar-refractivity contribution < 1.29 is 24.2 Å². The van der Waals surface area contributed by atoms with E-state index in [1.54, 1.807) is 10.9 Å². The highest BCUT2D eigenvalue weighted by Gasteiger charge is 2.24. The maximum atomic E-state index is 13.2. The van der Waals surface area contributed by atoms with Gasteiger partial charge < -0.3 is 20.1 Å². The highest BCUT2D eigenvalue weighted by molar-refractivity contribution is 5.96. The highest BCUT2D eigenvalue weighted by Crippen LogP contribution is 2.35. The molecule has 38 heavy (non-hydrogen) atoms. The molecule has 0 saturated carbocycles. The molecule has 0 unspecified atom stereocenters. The lowest BCUT2D eigenvalue weighted by molar-refractivity contribution is -0.140. The zero-order valence-corrected chi connectivity index (χ0v) is 21.9. The number of carboxylic acid groups (broad SMARTS) is 1. The number of carbonyl (C=O) groups excluding carboxylic acids is 2. The van der Waals surface area contributed by atoms with Gasteiger partial charge in [0.1, 0.15) is 12.2 Å². The van der Waals surface area contributed by atoms with Crippen LogP contribution in [0.15, 0.2) is 48.8 Å². The molecule has 0 radical (unpaired) electrons. The minimum absolute atomic E-state index is 0.0976. The second kappa shape index (κ2) is 12.4. The molecule has 1 aromatic heterocycles. The summed E-state index contributed by atoms with van der Waals surface area (Å²) in [4.78, 5) is 37.2. The first kappa shape index (κ1) is 26.9. The fraction of sp³-hybridized carbons (Fsp3) is 0.379. The van der Waals surface area contributed by atoms with Crippen LogP contribution >= 0.6 is 0 Å². The van der Waals surface area contributed by atoms with Crippen molar-refractivity contribution in [2.75, 3.05) is 24.6 Å².